The molecule has 0 saturated heterocycles. The summed E-state index contributed by atoms with van der Waals surface area (Å²) in [5.74, 6) is -1.06. The molecule has 0 bridgehead atoms. The first kappa shape index (κ1) is 54.6. The maximum Gasteiger partial charge on any atom is 0.306 e. The van der Waals surface area contributed by atoms with Crippen molar-refractivity contribution in [3.05, 3.63) is 134 Å². The molecule has 0 aliphatic rings. The van der Waals surface area contributed by atoms with Crippen molar-refractivity contribution in [1.29, 1.82) is 0 Å². The summed E-state index contributed by atoms with van der Waals surface area (Å²) in [6.45, 7) is 6.16. The van der Waals surface area contributed by atoms with E-state index >= 15 is 0 Å². The molecule has 328 valence electrons. The Hall–Kier alpha value is -4.45. The van der Waals surface area contributed by atoms with Crippen LogP contribution in [0, 0.1) is 0 Å². The molecule has 0 aliphatic carbocycles. The quantitative estimate of drug-likeness (QED) is 0.0203. The number of unbranched alkanes of at least 4 members (excludes halogenated alkanes) is 9. The van der Waals surface area contributed by atoms with Crippen molar-refractivity contribution in [2.45, 2.75) is 168 Å². The zero-order valence-corrected chi connectivity index (χ0v) is 37.2. The predicted molar refractivity (Wildman–Crippen MR) is 251 cm³/mol. The highest BCUT2D eigenvalue weighted by Gasteiger charge is 2.19. The van der Waals surface area contributed by atoms with E-state index in [1.807, 2.05) is 36.5 Å². The monoisotopic (exact) mass is 813 g/mol. The van der Waals surface area contributed by atoms with Gasteiger partial charge in [-0.05, 0) is 96.3 Å². The van der Waals surface area contributed by atoms with E-state index in [4.69, 9.17) is 14.2 Å². The summed E-state index contributed by atoms with van der Waals surface area (Å²) < 4.78 is 16.6. The van der Waals surface area contributed by atoms with Gasteiger partial charge in [-0.2, -0.15) is 0 Å². The second-order valence-electron chi connectivity index (χ2n) is 14.3. The van der Waals surface area contributed by atoms with Gasteiger partial charge in [-0.3, -0.25) is 14.4 Å². The van der Waals surface area contributed by atoms with Crippen LogP contribution in [0.1, 0.15) is 162 Å². The lowest BCUT2D eigenvalue weighted by Gasteiger charge is -2.18. The molecule has 0 aromatic rings. The Kier molecular flexibility index (Phi) is 42.8. The summed E-state index contributed by atoms with van der Waals surface area (Å²) in [6.07, 6.45) is 64.4. The highest BCUT2D eigenvalue weighted by atomic mass is 16.6. The zero-order valence-electron chi connectivity index (χ0n) is 37.2. The fraction of sp³-hybridized carbons (Fsp3) is 0.528. The van der Waals surface area contributed by atoms with E-state index in [1.54, 1.807) is 0 Å². The number of carbonyl (C=O) groups is 3. The lowest BCUT2D eigenvalue weighted by Crippen LogP contribution is -2.30. The van der Waals surface area contributed by atoms with Gasteiger partial charge >= 0.3 is 17.9 Å². The first-order chi connectivity index (χ1) is 29.0. The average Bonchev–Trinajstić information content (AvgIpc) is 3.23. The third-order valence-corrected chi connectivity index (χ3v) is 8.73. The molecule has 0 amide bonds. The van der Waals surface area contributed by atoms with E-state index < -0.39 is 6.10 Å². The van der Waals surface area contributed by atoms with Gasteiger partial charge in [0.2, 0.25) is 0 Å². The standard InChI is InChI=1S/C53H80O6/c1-4-7-10-13-16-19-22-24-25-26-27-28-29-32-34-37-40-43-46-52(55)58-49-50(48-57-51(54)45-42-39-36-33-30-21-18-15-12-9-6-3)59-53(56)47-44-41-38-35-31-23-20-17-14-11-8-5-2/h8-13,16-22,24-28,31,33,35-36,50H,4-7,14-15,23,29-30,32,34,37-49H2,1-3H3/b11-8-,12-9-,13-10-,19-16-,20-17-,21-18-,24-22-,26-25-,28-27-,35-31-,36-33-. The Morgan fingerprint density at radius 1 is 0.373 bits per heavy atom. The van der Waals surface area contributed by atoms with Gasteiger partial charge in [0, 0.05) is 19.3 Å². The molecule has 0 rings (SSSR count). The van der Waals surface area contributed by atoms with E-state index in [1.165, 1.54) is 6.42 Å². The normalized spacial score (nSPS) is 13.3. The van der Waals surface area contributed by atoms with Crippen LogP contribution in [-0.2, 0) is 28.6 Å². The molecular weight excluding hydrogens is 733 g/mol. The van der Waals surface area contributed by atoms with Crippen molar-refractivity contribution in [2.75, 3.05) is 13.2 Å². The predicted octanol–water partition coefficient (Wildman–Crippen LogP) is 14.7. The Morgan fingerprint density at radius 2 is 0.746 bits per heavy atom. The Balaban J connectivity index is 4.56. The van der Waals surface area contributed by atoms with E-state index in [9.17, 15) is 14.4 Å². The van der Waals surface area contributed by atoms with Crippen LogP contribution < -0.4 is 0 Å². The van der Waals surface area contributed by atoms with Gasteiger partial charge < -0.3 is 14.2 Å². The van der Waals surface area contributed by atoms with Crippen LogP contribution in [0.4, 0.5) is 0 Å². The van der Waals surface area contributed by atoms with Gasteiger partial charge in [-0.15, -0.1) is 0 Å². The van der Waals surface area contributed by atoms with E-state index in [0.717, 1.165) is 103 Å². The number of rotatable bonds is 38. The van der Waals surface area contributed by atoms with Crippen LogP contribution in [0.15, 0.2) is 134 Å². The second kappa shape index (κ2) is 46.2. The van der Waals surface area contributed by atoms with Crippen molar-refractivity contribution >= 4 is 17.9 Å². The highest BCUT2D eigenvalue weighted by Crippen LogP contribution is 2.11. The lowest BCUT2D eigenvalue weighted by atomic mass is 10.1. The van der Waals surface area contributed by atoms with Crippen molar-refractivity contribution in [3.8, 4) is 0 Å². The maximum absolute atomic E-state index is 12.7. The summed E-state index contributed by atoms with van der Waals surface area (Å²) in [5, 5.41) is 0. The van der Waals surface area contributed by atoms with Gasteiger partial charge in [0.1, 0.15) is 13.2 Å². The SMILES string of the molecule is CC/C=C\C/C=C\C/C=C\CCCCC(=O)OC(COC(=O)CCC/C=C\C/C=C\C/C=C\CC)COC(=O)CCCCCCC\C=C/C=C\C=C/C=C\C=C/CCC. The van der Waals surface area contributed by atoms with Crippen LogP contribution in [0.25, 0.3) is 0 Å². The number of allylic oxidation sites excluding steroid dienone is 22. The Morgan fingerprint density at radius 3 is 1.29 bits per heavy atom. The van der Waals surface area contributed by atoms with Gasteiger partial charge in [-0.1, -0.05) is 180 Å². The van der Waals surface area contributed by atoms with Crippen LogP contribution in [0.5, 0.6) is 0 Å². The first-order valence-electron chi connectivity index (χ1n) is 22.8. The average molecular weight is 813 g/mol. The molecule has 1 unspecified atom stereocenters. The van der Waals surface area contributed by atoms with Crippen LogP contribution >= 0.6 is 0 Å². The smallest absolute Gasteiger partial charge is 0.306 e. The van der Waals surface area contributed by atoms with E-state index in [2.05, 4.69) is 118 Å². The number of hydrogen-bond donors (Lipinski definition) is 0. The second-order valence-corrected chi connectivity index (χ2v) is 14.3. The van der Waals surface area contributed by atoms with E-state index in [0.29, 0.717) is 19.3 Å². The highest BCUT2D eigenvalue weighted by molar-refractivity contribution is 5.71. The molecule has 6 heteroatoms. The van der Waals surface area contributed by atoms with Gasteiger partial charge in [-0.25, -0.2) is 0 Å². The van der Waals surface area contributed by atoms with Crippen LogP contribution in [0.2, 0.25) is 0 Å². The van der Waals surface area contributed by atoms with Crippen molar-refractivity contribution < 1.29 is 28.6 Å². The lowest BCUT2D eigenvalue weighted by molar-refractivity contribution is -0.167. The zero-order chi connectivity index (χ0) is 43.0. The summed E-state index contributed by atoms with van der Waals surface area (Å²) in [7, 11) is 0. The molecule has 0 saturated carbocycles. The first-order valence-corrected chi connectivity index (χ1v) is 22.8. The molecular formula is C53H80O6. The molecule has 0 N–H and O–H groups in total. The molecule has 0 heterocycles. The van der Waals surface area contributed by atoms with Gasteiger partial charge in [0.25, 0.3) is 0 Å². The van der Waals surface area contributed by atoms with Crippen molar-refractivity contribution in [3.63, 3.8) is 0 Å². The maximum atomic E-state index is 12.7. The molecule has 0 radical (unpaired) electrons. The number of ether oxygens (including phenoxy) is 3. The molecule has 59 heavy (non-hydrogen) atoms. The fourth-order valence-corrected chi connectivity index (χ4v) is 5.39. The van der Waals surface area contributed by atoms with Crippen LogP contribution in [0.3, 0.4) is 0 Å². The minimum Gasteiger partial charge on any atom is -0.462 e. The Labute approximate surface area is 360 Å². The van der Waals surface area contributed by atoms with Gasteiger partial charge in [0.05, 0.1) is 0 Å². The molecule has 0 aromatic heterocycles. The summed E-state index contributed by atoms with van der Waals surface area (Å²) in [4.78, 5) is 37.7. The minimum absolute atomic E-state index is 0.128. The van der Waals surface area contributed by atoms with Crippen LogP contribution in [-0.4, -0.2) is 37.2 Å². The van der Waals surface area contributed by atoms with Crippen molar-refractivity contribution in [2.24, 2.45) is 0 Å². The van der Waals surface area contributed by atoms with Gasteiger partial charge in [0.15, 0.2) is 6.10 Å². The summed E-state index contributed by atoms with van der Waals surface area (Å²) in [6, 6.07) is 0. The molecule has 0 aromatic carbocycles. The molecule has 0 aliphatic heterocycles. The molecule has 0 fully saturated rings. The minimum atomic E-state index is -0.832. The largest absolute Gasteiger partial charge is 0.462 e. The third-order valence-electron chi connectivity index (χ3n) is 8.73. The fourth-order valence-electron chi connectivity index (χ4n) is 5.39. The third kappa shape index (κ3) is 44.5. The number of carbonyl (C=O) groups excluding carboxylic acids is 3. The number of hydrogen-bond acceptors (Lipinski definition) is 6. The molecule has 1 atom stereocenters. The molecule has 6 nitrogen and oxygen atoms in total. The topological polar surface area (TPSA) is 78.9 Å². The summed E-state index contributed by atoms with van der Waals surface area (Å²) in [5.41, 5.74) is 0. The number of esters is 3. The van der Waals surface area contributed by atoms with E-state index in [-0.39, 0.29) is 44.0 Å². The Bertz CT molecular complexity index is 1350. The molecule has 0 spiro atoms. The van der Waals surface area contributed by atoms with Crippen molar-refractivity contribution in [1.82, 2.24) is 0 Å². The summed E-state index contributed by atoms with van der Waals surface area (Å²) >= 11 is 0.